The molecule has 0 saturated heterocycles. The number of aryl methyl sites for hydroxylation is 1. The summed E-state index contributed by atoms with van der Waals surface area (Å²) in [5.41, 5.74) is 7.37. The minimum absolute atomic E-state index is 0.415. The van der Waals surface area contributed by atoms with Gasteiger partial charge in [0.05, 0.1) is 21.6 Å². The molecule has 5 nitrogen and oxygen atoms in total. The highest BCUT2D eigenvalue weighted by atomic mass is 35.5. The lowest BCUT2D eigenvalue weighted by atomic mass is 10.2. The number of rotatable bonds is 2. The first-order valence-corrected chi connectivity index (χ1v) is 6.51. The van der Waals surface area contributed by atoms with E-state index in [0.29, 0.717) is 25.3 Å². The van der Waals surface area contributed by atoms with E-state index in [9.17, 15) is 0 Å². The second-order valence-electron chi connectivity index (χ2n) is 3.40. The predicted octanol–water partition coefficient (Wildman–Crippen LogP) is 1.71. The Hall–Kier alpha value is -1.03. The first-order chi connectivity index (χ1) is 7.56. The van der Waals surface area contributed by atoms with Crippen LogP contribution in [0.2, 0.25) is 5.02 Å². The van der Waals surface area contributed by atoms with E-state index in [4.69, 9.17) is 23.2 Å². The first kappa shape index (κ1) is 11.5. The monoisotopic (exact) mass is 257 g/mol. The number of nitrogens with two attached hydrogens (primary N) is 2. The summed E-state index contributed by atoms with van der Waals surface area (Å²) in [6.07, 6.45) is 0. The molecule has 2 rings (SSSR count). The Labute approximate surface area is 100 Å². The number of hydrazine groups is 1. The number of aromatic nitrogens is 2. The van der Waals surface area contributed by atoms with Crippen LogP contribution in [0.1, 0.15) is 0 Å². The van der Waals surface area contributed by atoms with Crippen molar-refractivity contribution in [2.24, 2.45) is 12.9 Å². The zero-order valence-corrected chi connectivity index (χ0v) is 10.8. The molecular weight excluding hydrogens is 245 g/mol. The molecule has 0 aliphatic carbocycles. The molecule has 1 unspecified atom stereocenters. The van der Waals surface area contributed by atoms with Crippen molar-refractivity contribution >= 4 is 42.7 Å². The summed E-state index contributed by atoms with van der Waals surface area (Å²) < 4.78 is 3.28. The van der Waals surface area contributed by atoms with Crippen molar-refractivity contribution in [1.82, 2.24) is 9.78 Å². The number of fused-ring (bicyclic) bond motifs is 1. The van der Waals surface area contributed by atoms with Crippen LogP contribution in [0.4, 0.5) is 11.5 Å². The van der Waals surface area contributed by atoms with Crippen LogP contribution in [0.5, 0.6) is 0 Å². The number of benzene rings is 1. The van der Waals surface area contributed by atoms with E-state index in [-0.39, 0.29) is 0 Å². The molecule has 0 amide bonds. The fourth-order valence-electron chi connectivity index (χ4n) is 1.66. The molecule has 0 saturated carbocycles. The molecular formula is C9H13ClN5P. The minimum Gasteiger partial charge on any atom is -0.397 e. The molecule has 1 atom stereocenters. The smallest absolute Gasteiger partial charge is 0.177 e. The van der Waals surface area contributed by atoms with Gasteiger partial charge in [-0.05, 0) is 27.5 Å². The lowest BCUT2D eigenvalue weighted by Gasteiger charge is -2.12. The molecule has 1 aromatic heterocycles. The molecule has 1 aromatic carbocycles. The normalized spacial score (nSPS) is 11.8. The van der Waals surface area contributed by atoms with E-state index < -0.39 is 0 Å². The van der Waals surface area contributed by atoms with E-state index in [1.165, 1.54) is 0 Å². The molecule has 4 N–H and O–H groups in total. The van der Waals surface area contributed by atoms with Crippen molar-refractivity contribution in [3.63, 3.8) is 0 Å². The Morgan fingerprint density at radius 2 is 2.19 bits per heavy atom. The zero-order chi connectivity index (χ0) is 11.9. The molecule has 0 spiro atoms. The number of nitrogen functional groups attached to an aromatic ring is 1. The molecule has 0 aliphatic rings. The minimum atomic E-state index is 0.415. The van der Waals surface area contributed by atoms with Gasteiger partial charge in [0, 0.05) is 7.05 Å². The lowest BCUT2D eigenvalue weighted by molar-refractivity contribution is 0.794. The molecule has 0 fully saturated rings. The van der Waals surface area contributed by atoms with Crippen LogP contribution < -0.4 is 16.4 Å². The molecule has 16 heavy (non-hydrogen) atoms. The highest BCUT2D eigenvalue weighted by Gasteiger charge is 2.16. The number of hydrogen-bond donors (Lipinski definition) is 2. The van der Waals surface area contributed by atoms with Crippen LogP contribution in [-0.2, 0) is 7.05 Å². The summed E-state index contributed by atoms with van der Waals surface area (Å²) in [5.74, 6) is 6.53. The quantitative estimate of drug-likeness (QED) is 0.372. The molecule has 0 aliphatic heterocycles. The van der Waals surface area contributed by atoms with E-state index in [1.54, 1.807) is 21.6 Å². The van der Waals surface area contributed by atoms with Crippen molar-refractivity contribution in [3.8, 4) is 0 Å². The molecule has 2 aromatic rings. The fraction of sp³-hybridized carbons (Fsp3) is 0.222. The van der Waals surface area contributed by atoms with E-state index >= 15 is 0 Å². The van der Waals surface area contributed by atoms with Gasteiger partial charge in [-0.25, -0.2) is 5.84 Å². The van der Waals surface area contributed by atoms with Crippen LogP contribution >= 0.6 is 20.3 Å². The Balaban J connectivity index is 2.82. The number of halogens is 1. The molecule has 0 radical (unpaired) electrons. The van der Waals surface area contributed by atoms with Gasteiger partial charge in [-0.15, -0.1) is 0 Å². The Kier molecular flexibility index (Phi) is 2.93. The fourth-order valence-corrected chi connectivity index (χ4v) is 2.27. The second-order valence-corrected chi connectivity index (χ2v) is 4.74. The van der Waals surface area contributed by atoms with E-state index in [0.717, 1.165) is 10.9 Å². The average Bonchev–Trinajstić information content (AvgIpc) is 2.62. The second kappa shape index (κ2) is 4.09. The summed E-state index contributed by atoms with van der Waals surface area (Å²) in [7, 11) is 2.24. The largest absolute Gasteiger partial charge is 0.397 e. The van der Waals surface area contributed by atoms with Crippen molar-refractivity contribution in [3.05, 3.63) is 17.2 Å². The maximum atomic E-state index is 6.16. The van der Waals surface area contributed by atoms with Gasteiger partial charge in [-0.2, -0.15) is 5.10 Å². The van der Waals surface area contributed by atoms with Crippen LogP contribution in [0.25, 0.3) is 10.9 Å². The summed E-state index contributed by atoms with van der Waals surface area (Å²) >= 11 is 6.16. The van der Waals surface area contributed by atoms with Gasteiger partial charge in [0.15, 0.2) is 5.82 Å². The summed E-state index contributed by atoms with van der Waals surface area (Å²) in [6.45, 7) is 1.97. The van der Waals surface area contributed by atoms with E-state index in [2.05, 4.69) is 5.10 Å². The van der Waals surface area contributed by atoms with Gasteiger partial charge >= 0.3 is 0 Å². The van der Waals surface area contributed by atoms with Crippen molar-refractivity contribution < 1.29 is 0 Å². The number of nitrogens with zero attached hydrogens (tertiary/aromatic N) is 3. The Morgan fingerprint density at radius 3 is 2.81 bits per heavy atom. The van der Waals surface area contributed by atoms with E-state index in [1.807, 2.05) is 13.7 Å². The van der Waals surface area contributed by atoms with Gasteiger partial charge in [0.25, 0.3) is 0 Å². The zero-order valence-electron chi connectivity index (χ0n) is 9.03. The van der Waals surface area contributed by atoms with Gasteiger partial charge in [-0.1, -0.05) is 11.6 Å². The molecule has 86 valence electrons. The van der Waals surface area contributed by atoms with Crippen molar-refractivity contribution in [2.75, 3.05) is 17.2 Å². The maximum Gasteiger partial charge on any atom is 0.177 e. The predicted molar refractivity (Wildman–Crippen MR) is 71.0 cm³/mol. The van der Waals surface area contributed by atoms with Crippen LogP contribution in [-0.4, -0.2) is 16.4 Å². The van der Waals surface area contributed by atoms with Crippen LogP contribution in [0.3, 0.4) is 0 Å². The van der Waals surface area contributed by atoms with Gasteiger partial charge in [0.1, 0.15) is 0 Å². The number of anilines is 2. The van der Waals surface area contributed by atoms with Crippen LogP contribution in [0.15, 0.2) is 12.1 Å². The van der Waals surface area contributed by atoms with Crippen LogP contribution in [0, 0.1) is 0 Å². The third-order valence-electron chi connectivity index (χ3n) is 2.42. The topological polar surface area (TPSA) is 73.1 Å². The summed E-state index contributed by atoms with van der Waals surface area (Å²) in [6, 6.07) is 3.53. The van der Waals surface area contributed by atoms with Gasteiger partial charge in [-0.3, -0.25) is 9.46 Å². The third-order valence-corrected chi connectivity index (χ3v) is 3.43. The number of hydrogen-bond acceptors (Lipinski definition) is 4. The molecule has 0 bridgehead atoms. The Morgan fingerprint density at radius 1 is 1.50 bits per heavy atom. The van der Waals surface area contributed by atoms with Gasteiger partial charge in [0.2, 0.25) is 0 Å². The first-order valence-electron chi connectivity index (χ1n) is 4.69. The lowest BCUT2D eigenvalue weighted by Crippen LogP contribution is -2.21. The highest BCUT2D eigenvalue weighted by molar-refractivity contribution is 7.38. The SMILES string of the molecule is CPN(N)c1nn(C)c2c(N)ccc(Cl)c12. The standard InChI is InChI=1S/C9H13ClN5P/c1-14-8-6(11)4-3-5(10)7(8)9(13-14)15(12)16-2/h3-4,16H,11-12H2,1-2H3. The third kappa shape index (κ3) is 1.61. The van der Waals surface area contributed by atoms with Crippen molar-refractivity contribution in [1.29, 1.82) is 0 Å². The van der Waals surface area contributed by atoms with Crippen molar-refractivity contribution in [2.45, 2.75) is 0 Å². The summed E-state index contributed by atoms with van der Waals surface area (Å²) in [5, 5.41) is 5.76. The maximum absolute atomic E-state index is 6.16. The van der Waals surface area contributed by atoms with Gasteiger partial charge < -0.3 is 5.73 Å². The highest BCUT2D eigenvalue weighted by Crippen LogP contribution is 2.36. The molecule has 1 heterocycles. The average molecular weight is 258 g/mol. The molecule has 7 heteroatoms. The Bertz CT molecular complexity index is 538. The summed E-state index contributed by atoms with van der Waals surface area (Å²) in [4.78, 5) is 0.